The summed E-state index contributed by atoms with van der Waals surface area (Å²) in [5.41, 5.74) is 1.22. The summed E-state index contributed by atoms with van der Waals surface area (Å²) in [6.45, 7) is 2.69. The first kappa shape index (κ1) is 22.8. The maximum atomic E-state index is 13.1. The molecule has 1 amide bonds. The summed E-state index contributed by atoms with van der Waals surface area (Å²) in [4.78, 5) is 26.5. The van der Waals surface area contributed by atoms with Gasteiger partial charge in [-0.3, -0.25) is 9.69 Å². The Morgan fingerprint density at radius 3 is 2.61 bits per heavy atom. The fraction of sp³-hybridized carbons (Fsp3) is 0.261. The number of carbonyl (C=O) groups is 2. The summed E-state index contributed by atoms with van der Waals surface area (Å²) >= 11 is 6.44. The maximum Gasteiger partial charge on any atom is 0.331 e. The summed E-state index contributed by atoms with van der Waals surface area (Å²) in [5, 5.41) is 9.77. The fourth-order valence-corrected chi connectivity index (χ4v) is 4.42. The quantitative estimate of drug-likeness (QED) is 0.326. The van der Waals surface area contributed by atoms with Gasteiger partial charge in [0.25, 0.3) is 5.91 Å². The van der Waals surface area contributed by atoms with Gasteiger partial charge in [-0.15, -0.1) is 0 Å². The molecular weight excluding hydrogens is 434 g/mol. The number of hydrogen-bond acceptors (Lipinski definition) is 6. The average Bonchev–Trinajstić information content (AvgIpc) is 3.03. The van der Waals surface area contributed by atoms with Gasteiger partial charge >= 0.3 is 5.97 Å². The van der Waals surface area contributed by atoms with Gasteiger partial charge in [0.2, 0.25) is 0 Å². The van der Waals surface area contributed by atoms with Gasteiger partial charge in [-0.25, -0.2) is 4.79 Å². The van der Waals surface area contributed by atoms with Crippen molar-refractivity contribution in [2.24, 2.45) is 0 Å². The first-order chi connectivity index (χ1) is 15.0. The maximum absolute atomic E-state index is 13.1. The molecule has 1 atom stereocenters. The lowest BCUT2D eigenvalue weighted by molar-refractivity contribution is -0.145. The van der Waals surface area contributed by atoms with Crippen molar-refractivity contribution in [3.05, 3.63) is 64.6 Å². The van der Waals surface area contributed by atoms with E-state index in [1.54, 1.807) is 55.7 Å². The van der Waals surface area contributed by atoms with Crippen molar-refractivity contribution in [1.82, 2.24) is 4.90 Å². The van der Waals surface area contributed by atoms with E-state index in [-0.39, 0.29) is 4.32 Å². The van der Waals surface area contributed by atoms with Crippen molar-refractivity contribution in [3.8, 4) is 11.5 Å². The summed E-state index contributed by atoms with van der Waals surface area (Å²) in [5.74, 6) is -0.379. The molecule has 2 aromatic rings. The predicted molar refractivity (Wildman–Crippen MR) is 125 cm³/mol. The molecule has 1 fully saturated rings. The van der Waals surface area contributed by atoms with E-state index in [0.717, 1.165) is 35.1 Å². The Hall–Kier alpha value is -2.84. The number of nitrogens with zero attached hydrogens (tertiary/aromatic N) is 1. The summed E-state index contributed by atoms with van der Waals surface area (Å²) in [7, 11) is 1.56. The smallest absolute Gasteiger partial charge is 0.331 e. The number of thiocarbonyl (C=S) groups is 1. The van der Waals surface area contributed by atoms with Crippen LogP contribution in [-0.4, -0.2) is 39.9 Å². The second kappa shape index (κ2) is 10.5. The third-order valence-corrected chi connectivity index (χ3v) is 6.00. The third kappa shape index (κ3) is 5.26. The molecule has 162 valence electrons. The van der Waals surface area contributed by atoms with E-state index in [1.807, 2.05) is 6.07 Å². The Morgan fingerprint density at radius 1 is 1.23 bits per heavy atom. The molecule has 2 aromatic carbocycles. The van der Waals surface area contributed by atoms with Gasteiger partial charge in [0.15, 0.2) is 17.5 Å². The van der Waals surface area contributed by atoms with E-state index in [1.165, 1.54) is 0 Å². The number of rotatable bonds is 9. The minimum atomic E-state index is -1.18. The first-order valence-electron chi connectivity index (χ1n) is 9.82. The van der Waals surface area contributed by atoms with Crippen LogP contribution in [-0.2, 0) is 9.59 Å². The number of carboxylic acids is 1. The van der Waals surface area contributed by atoms with E-state index < -0.39 is 17.9 Å². The van der Waals surface area contributed by atoms with Crippen molar-refractivity contribution in [2.45, 2.75) is 25.8 Å². The van der Waals surface area contributed by atoms with Gasteiger partial charge < -0.3 is 14.6 Å². The van der Waals surface area contributed by atoms with Crippen LogP contribution in [0.15, 0.2) is 53.4 Å². The van der Waals surface area contributed by atoms with Crippen LogP contribution in [0.4, 0.5) is 0 Å². The molecule has 6 nitrogen and oxygen atoms in total. The van der Waals surface area contributed by atoms with Gasteiger partial charge in [-0.1, -0.05) is 73.7 Å². The molecule has 0 aromatic heterocycles. The number of thioether (sulfide) groups is 1. The SMILES string of the molecule is CCCCOc1ccc(/C=C2\SC(=S)N(C(C(=O)O)c3ccccc3)C2=O)cc1OC. The Morgan fingerprint density at radius 2 is 1.97 bits per heavy atom. The van der Waals surface area contributed by atoms with Crippen LogP contribution in [0, 0.1) is 0 Å². The number of carboxylic acid groups (broad SMARTS) is 1. The topological polar surface area (TPSA) is 76.1 Å². The van der Waals surface area contributed by atoms with E-state index in [0.29, 0.717) is 28.6 Å². The van der Waals surface area contributed by atoms with Crippen molar-refractivity contribution in [1.29, 1.82) is 0 Å². The van der Waals surface area contributed by atoms with Gasteiger partial charge in [-0.05, 0) is 35.8 Å². The van der Waals surface area contributed by atoms with Crippen LogP contribution in [0.2, 0.25) is 0 Å². The Labute approximate surface area is 190 Å². The third-order valence-electron chi connectivity index (χ3n) is 4.67. The first-order valence-corrected chi connectivity index (χ1v) is 11.0. The molecule has 0 bridgehead atoms. The van der Waals surface area contributed by atoms with Gasteiger partial charge in [-0.2, -0.15) is 0 Å². The molecule has 31 heavy (non-hydrogen) atoms. The van der Waals surface area contributed by atoms with E-state index in [9.17, 15) is 14.7 Å². The number of ether oxygens (including phenoxy) is 2. The molecule has 8 heteroatoms. The lowest BCUT2D eigenvalue weighted by atomic mass is 10.1. The molecule has 1 aliphatic heterocycles. The number of unbranched alkanes of at least 4 members (excludes halogenated alkanes) is 1. The minimum Gasteiger partial charge on any atom is -0.493 e. The van der Waals surface area contributed by atoms with E-state index >= 15 is 0 Å². The summed E-state index contributed by atoms with van der Waals surface area (Å²) in [6.07, 6.45) is 3.66. The minimum absolute atomic E-state index is 0.207. The number of aliphatic carboxylic acids is 1. The van der Waals surface area contributed by atoms with Gasteiger partial charge in [0.1, 0.15) is 4.32 Å². The van der Waals surface area contributed by atoms with Crippen LogP contribution in [0.1, 0.15) is 36.9 Å². The lowest BCUT2D eigenvalue weighted by Gasteiger charge is -2.23. The number of hydrogen-bond donors (Lipinski definition) is 1. The lowest BCUT2D eigenvalue weighted by Crippen LogP contribution is -2.37. The zero-order valence-electron chi connectivity index (χ0n) is 17.2. The molecule has 3 rings (SSSR count). The van der Waals surface area contributed by atoms with Crippen LogP contribution in [0.3, 0.4) is 0 Å². The molecule has 1 N–H and O–H groups in total. The second-order valence-corrected chi connectivity index (χ2v) is 8.49. The monoisotopic (exact) mass is 457 g/mol. The normalized spacial score (nSPS) is 15.9. The molecule has 0 radical (unpaired) electrons. The molecule has 0 saturated carbocycles. The zero-order valence-corrected chi connectivity index (χ0v) is 18.9. The highest BCUT2D eigenvalue weighted by Gasteiger charge is 2.41. The summed E-state index contributed by atoms with van der Waals surface area (Å²) in [6, 6.07) is 12.8. The van der Waals surface area contributed by atoms with Crippen LogP contribution in [0.25, 0.3) is 6.08 Å². The highest BCUT2D eigenvalue weighted by atomic mass is 32.2. The van der Waals surface area contributed by atoms with Crippen molar-refractivity contribution < 1.29 is 24.2 Å². The standard InChI is InChI=1S/C23H23NO5S2/c1-3-4-12-29-17-11-10-15(13-18(17)28-2)14-19-21(25)24(23(30)31-19)20(22(26)27)16-8-6-5-7-9-16/h5-11,13-14,20H,3-4,12H2,1-2H3,(H,26,27)/b19-14-. The number of benzene rings is 2. The number of methoxy groups -OCH3 is 1. The fourth-order valence-electron chi connectivity index (χ4n) is 3.11. The van der Waals surface area contributed by atoms with E-state index in [4.69, 9.17) is 21.7 Å². The van der Waals surface area contributed by atoms with Crippen molar-refractivity contribution in [3.63, 3.8) is 0 Å². The van der Waals surface area contributed by atoms with Gasteiger partial charge in [0, 0.05) is 0 Å². The average molecular weight is 458 g/mol. The molecule has 0 aliphatic carbocycles. The van der Waals surface area contributed by atoms with Crippen LogP contribution >= 0.6 is 24.0 Å². The highest BCUT2D eigenvalue weighted by molar-refractivity contribution is 8.26. The highest BCUT2D eigenvalue weighted by Crippen LogP contribution is 2.39. The zero-order chi connectivity index (χ0) is 22.4. The van der Waals surface area contributed by atoms with Crippen LogP contribution < -0.4 is 9.47 Å². The summed E-state index contributed by atoms with van der Waals surface area (Å²) < 4.78 is 11.4. The molecular formula is C23H23NO5S2. The van der Waals surface area contributed by atoms with Crippen molar-refractivity contribution >= 4 is 46.3 Å². The van der Waals surface area contributed by atoms with Crippen LogP contribution in [0.5, 0.6) is 11.5 Å². The Kier molecular flexibility index (Phi) is 7.70. The van der Waals surface area contributed by atoms with Gasteiger partial charge in [0.05, 0.1) is 18.6 Å². The Balaban J connectivity index is 1.87. The molecule has 1 unspecified atom stereocenters. The largest absolute Gasteiger partial charge is 0.493 e. The Bertz CT molecular complexity index is 1010. The van der Waals surface area contributed by atoms with E-state index in [2.05, 4.69) is 6.92 Å². The molecule has 1 heterocycles. The molecule has 1 aliphatic rings. The number of carbonyl (C=O) groups excluding carboxylic acids is 1. The molecule has 0 spiro atoms. The predicted octanol–water partition coefficient (Wildman–Crippen LogP) is 4.90. The number of amides is 1. The van der Waals surface area contributed by atoms with Crippen molar-refractivity contribution in [2.75, 3.05) is 13.7 Å². The second-order valence-electron chi connectivity index (χ2n) is 6.82. The molecule has 1 saturated heterocycles.